The van der Waals surface area contributed by atoms with Crippen LogP contribution in [0.5, 0.6) is 0 Å². The van der Waals surface area contributed by atoms with Crippen LogP contribution in [0.2, 0.25) is 5.02 Å². The Morgan fingerprint density at radius 3 is 2.24 bits per heavy atom. The second-order valence-electron chi connectivity index (χ2n) is 5.05. The molecule has 1 aliphatic rings. The summed E-state index contributed by atoms with van der Waals surface area (Å²) in [7, 11) is 0. The van der Waals surface area contributed by atoms with Crippen LogP contribution in [0.4, 0.5) is 13.2 Å². The largest absolute Gasteiger partial charge is 0.416 e. The molecule has 17 heavy (non-hydrogen) atoms. The molecule has 0 unspecified atom stereocenters. The second kappa shape index (κ2) is 3.62. The van der Waals surface area contributed by atoms with Crippen molar-refractivity contribution in [1.29, 1.82) is 0 Å². The molecule has 0 aliphatic heterocycles. The van der Waals surface area contributed by atoms with E-state index in [0.29, 0.717) is 0 Å². The first-order valence-corrected chi connectivity index (χ1v) is 5.65. The standard InChI is InChI=1S/C12H13ClF3N/c1-11(2)9(10(11)17)7-4-3-6(13)5-8(7)12(14,15)16/h3-5,9-10H,17H2,1-2H3/t9-,10-/m0/s1. The molecule has 2 atom stereocenters. The molecule has 1 aromatic rings. The van der Waals surface area contributed by atoms with Crippen LogP contribution in [-0.4, -0.2) is 6.04 Å². The highest BCUT2D eigenvalue weighted by Crippen LogP contribution is 2.59. The van der Waals surface area contributed by atoms with Crippen molar-refractivity contribution in [2.45, 2.75) is 32.0 Å². The van der Waals surface area contributed by atoms with Crippen molar-refractivity contribution in [3.05, 3.63) is 34.3 Å². The van der Waals surface area contributed by atoms with Gasteiger partial charge in [-0.25, -0.2) is 0 Å². The van der Waals surface area contributed by atoms with Gasteiger partial charge in [0.25, 0.3) is 0 Å². The molecule has 1 saturated carbocycles. The lowest BCUT2D eigenvalue weighted by molar-refractivity contribution is -0.138. The number of halogens is 4. The van der Waals surface area contributed by atoms with E-state index in [1.54, 1.807) is 0 Å². The summed E-state index contributed by atoms with van der Waals surface area (Å²) >= 11 is 5.62. The zero-order valence-electron chi connectivity index (χ0n) is 9.48. The van der Waals surface area contributed by atoms with Crippen molar-refractivity contribution in [3.8, 4) is 0 Å². The number of benzene rings is 1. The maximum absolute atomic E-state index is 12.9. The molecule has 94 valence electrons. The molecule has 0 saturated heterocycles. The van der Waals surface area contributed by atoms with Gasteiger partial charge in [0.1, 0.15) is 0 Å². The number of hydrogen-bond donors (Lipinski definition) is 1. The van der Waals surface area contributed by atoms with Crippen molar-refractivity contribution >= 4 is 11.6 Å². The van der Waals surface area contributed by atoms with E-state index < -0.39 is 11.7 Å². The van der Waals surface area contributed by atoms with Gasteiger partial charge in [0.05, 0.1) is 5.56 Å². The first-order valence-electron chi connectivity index (χ1n) is 5.28. The van der Waals surface area contributed by atoms with E-state index in [0.717, 1.165) is 6.07 Å². The molecule has 0 aromatic heterocycles. The zero-order chi connectivity index (χ0) is 13.0. The molecule has 2 rings (SSSR count). The highest BCUT2D eigenvalue weighted by molar-refractivity contribution is 6.30. The van der Waals surface area contributed by atoms with E-state index in [1.165, 1.54) is 12.1 Å². The topological polar surface area (TPSA) is 26.0 Å². The third-order valence-corrected chi connectivity index (χ3v) is 3.80. The predicted molar refractivity (Wildman–Crippen MR) is 61.0 cm³/mol. The van der Waals surface area contributed by atoms with E-state index in [2.05, 4.69) is 0 Å². The predicted octanol–water partition coefficient (Wildman–Crippen LogP) is 3.81. The Morgan fingerprint density at radius 2 is 1.82 bits per heavy atom. The molecule has 2 N–H and O–H groups in total. The van der Waals surface area contributed by atoms with Crippen LogP contribution in [0.25, 0.3) is 0 Å². The summed E-state index contributed by atoms with van der Waals surface area (Å²) < 4.78 is 38.7. The minimum atomic E-state index is -4.39. The molecular weight excluding hydrogens is 251 g/mol. The third-order valence-electron chi connectivity index (χ3n) is 3.57. The summed E-state index contributed by atoms with van der Waals surface area (Å²) in [4.78, 5) is 0. The van der Waals surface area contributed by atoms with Gasteiger partial charge in [-0.05, 0) is 23.1 Å². The Bertz CT molecular complexity index is 454. The fourth-order valence-electron chi connectivity index (χ4n) is 2.32. The highest BCUT2D eigenvalue weighted by atomic mass is 35.5. The molecular formula is C12H13ClF3N. The van der Waals surface area contributed by atoms with Crippen LogP contribution < -0.4 is 5.73 Å². The number of nitrogens with two attached hydrogens (primary N) is 1. The average Bonchev–Trinajstić information content (AvgIpc) is 2.65. The summed E-state index contributed by atoms with van der Waals surface area (Å²) in [5, 5.41) is 0.0908. The molecule has 5 heteroatoms. The van der Waals surface area contributed by atoms with Gasteiger partial charge in [0, 0.05) is 17.0 Å². The number of alkyl halides is 3. The van der Waals surface area contributed by atoms with Crippen LogP contribution in [0.15, 0.2) is 18.2 Å². The van der Waals surface area contributed by atoms with Gasteiger partial charge in [-0.15, -0.1) is 0 Å². The summed E-state index contributed by atoms with van der Waals surface area (Å²) in [5.74, 6) is -0.253. The van der Waals surface area contributed by atoms with E-state index in [9.17, 15) is 13.2 Å². The van der Waals surface area contributed by atoms with Gasteiger partial charge >= 0.3 is 6.18 Å². The lowest BCUT2D eigenvalue weighted by atomic mass is 9.98. The Labute approximate surface area is 103 Å². The molecule has 0 radical (unpaired) electrons. The first-order chi connectivity index (χ1) is 7.65. The van der Waals surface area contributed by atoms with Gasteiger partial charge in [0.2, 0.25) is 0 Å². The zero-order valence-corrected chi connectivity index (χ0v) is 10.2. The van der Waals surface area contributed by atoms with Crippen LogP contribution in [0.1, 0.15) is 30.9 Å². The fourth-order valence-corrected chi connectivity index (χ4v) is 2.49. The van der Waals surface area contributed by atoms with Crippen molar-refractivity contribution in [3.63, 3.8) is 0 Å². The quantitative estimate of drug-likeness (QED) is 0.819. The smallest absolute Gasteiger partial charge is 0.327 e. The lowest BCUT2D eigenvalue weighted by Crippen LogP contribution is -2.11. The Hall–Kier alpha value is -0.740. The van der Waals surface area contributed by atoms with Crippen molar-refractivity contribution in [2.75, 3.05) is 0 Å². The van der Waals surface area contributed by atoms with Gasteiger partial charge in [-0.3, -0.25) is 0 Å². The SMILES string of the molecule is CC1(C)[C@@H](N)[C@@H]1c1ccc(Cl)cc1C(F)(F)F. The van der Waals surface area contributed by atoms with Crippen LogP contribution in [0.3, 0.4) is 0 Å². The number of rotatable bonds is 1. The van der Waals surface area contributed by atoms with Gasteiger partial charge in [-0.1, -0.05) is 31.5 Å². The van der Waals surface area contributed by atoms with E-state index in [1.807, 2.05) is 13.8 Å². The Balaban J connectivity index is 2.49. The minimum absolute atomic E-state index is 0.0908. The number of hydrogen-bond acceptors (Lipinski definition) is 1. The van der Waals surface area contributed by atoms with Crippen molar-refractivity contribution < 1.29 is 13.2 Å². The van der Waals surface area contributed by atoms with Crippen LogP contribution in [-0.2, 0) is 6.18 Å². The molecule has 0 bridgehead atoms. The van der Waals surface area contributed by atoms with E-state index >= 15 is 0 Å². The summed E-state index contributed by atoms with van der Waals surface area (Å²) in [6, 6.07) is 3.65. The molecule has 0 heterocycles. The van der Waals surface area contributed by atoms with Crippen molar-refractivity contribution in [2.24, 2.45) is 11.1 Å². The van der Waals surface area contributed by atoms with E-state index in [-0.39, 0.29) is 28.0 Å². The van der Waals surface area contributed by atoms with Crippen molar-refractivity contribution in [1.82, 2.24) is 0 Å². The molecule has 0 amide bonds. The van der Waals surface area contributed by atoms with Crippen LogP contribution >= 0.6 is 11.6 Å². The fraction of sp³-hybridized carbons (Fsp3) is 0.500. The van der Waals surface area contributed by atoms with Gasteiger partial charge < -0.3 is 5.73 Å². The highest BCUT2D eigenvalue weighted by Gasteiger charge is 2.58. The molecule has 1 nitrogen and oxygen atoms in total. The summed E-state index contributed by atoms with van der Waals surface area (Å²) in [5.41, 5.74) is 5.12. The first kappa shape index (κ1) is 12.7. The molecule has 1 fully saturated rings. The lowest BCUT2D eigenvalue weighted by Gasteiger charge is -2.14. The average molecular weight is 264 g/mol. The van der Waals surface area contributed by atoms with Gasteiger partial charge in [0.15, 0.2) is 0 Å². The Kier molecular flexibility index (Phi) is 2.71. The second-order valence-corrected chi connectivity index (χ2v) is 5.49. The monoisotopic (exact) mass is 263 g/mol. The summed E-state index contributed by atoms with van der Waals surface area (Å²) in [6.07, 6.45) is -4.39. The van der Waals surface area contributed by atoms with Crippen LogP contribution in [0, 0.1) is 5.41 Å². The third kappa shape index (κ3) is 2.04. The minimum Gasteiger partial charge on any atom is -0.327 e. The van der Waals surface area contributed by atoms with Gasteiger partial charge in [-0.2, -0.15) is 13.2 Å². The molecule has 0 spiro atoms. The van der Waals surface area contributed by atoms with E-state index in [4.69, 9.17) is 17.3 Å². The summed E-state index contributed by atoms with van der Waals surface area (Å²) in [6.45, 7) is 3.74. The maximum Gasteiger partial charge on any atom is 0.416 e. The molecule has 1 aromatic carbocycles. The molecule has 1 aliphatic carbocycles. The normalized spacial score (nSPS) is 27.0. The maximum atomic E-state index is 12.9. The Morgan fingerprint density at radius 1 is 1.29 bits per heavy atom.